The van der Waals surface area contributed by atoms with Crippen molar-refractivity contribution in [2.45, 2.75) is 51.2 Å². The predicted octanol–water partition coefficient (Wildman–Crippen LogP) is 3.78. The van der Waals surface area contributed by atoms with Gasteiger partial charge in [0, 0.05) is 57.3 Å². The highest BCUT2D eigenvalue weighted by Crippen LogP contribution is 2.25. The summed E-state index contributed by atoms with van der Waals surface area (Å²) in [5.41, 5.74) is 2.29. The summed E-state index contributed by atoms with van der Waals surface area (Å²) in [7, 11) is 1.76. The van der Waals surface area contributed by atoms with E-state index in [9.17, 15) is 4.79 Å². The van der Waals surface area contributed by atoms with Crippen molar-refractivity contribution < 1.29 is 9.53 Å². The molecule has 2 heterocycles. The maximum atomic E-state index is 12.4. The minimum Gasteiger partial charge on any atom is -0.474 e. The number of amides is 1. The zero-order chi connectivity index (χ0) is 22.9. The minimum atomic E-state index is 0. The Labute approximate surface area is 219 Å². The second-order valence-electron chi connectivity index (χ2n) is 8.94. The smallest absolute Gasteiger partial charge is 0.223 e. The normalized spacial score (nSPS) is 18.6. The number of guanidine groups is 1. The average Bonchev–Trinajstić information content (AvgIpc) is 3.48. The summed E-state index contributed by atoms with van der Waals surface area (Å²) in [5, 5.41) is 6.75. The van der Waals surface area contributed by atoms with Crippen LogP contribution in [0.2, 0.25) is 0 Å². The number of hydrogen-bond acceptors (Lipinski definition) is 4. The Hall–Kier alpha value is -2.36. The number of rotatable bonds is 9. The molecule has 34 heavy (non-hydrogen) atoms. The molecular weight excluding hydrogens is 541 g/mol. The first-order valence-electron chi connectivity index (χ1n) is 12.1. The van der Waals surface area contributed by atoms with Crippen LogP contribution in [0.4, 0.5) is 0 Å². The molecule has 1 amide bonds. The highest BCUT2D eigenvalue weighted by atomic mass is 127. The fraction of sp³-hybridized carbons (Fsp3) is 0.500. The summed E-state index contributed by atoms with van der Waals surface area (Å²) < 4.78 is 6.14. The first-order valence-corrected chi connectivity index (χ1v) is 12.1. The van der Waals surface area contributed by atoms with Crippen LogP contribution in [-0.4, -0.2) is 54.5 Å². The van der Waals surface area contributed by atoms with Crippen LogP contribution in [0.15, 0.2) is 53.7 Å². The standard InChI is InChI=1S/C26H35N5O2.HI/c1-27-26(30-18-22-10-7-14-28-25(22)33-23-11-5-6-12-23)29-17-21-16-24(32)31(19-21)15-13-20-8-3-2-4-9-20;/h2-4,7-10,14,21,23H,5-6,11-13,15-19H2,1H3,(H2,27,29,30);1H. The van der Waals surface area contributed by atoms with Gasteiger partial charge in [-0.05, 0) is 43.7 Å². The zero-order valence-electron chi connectivity index (χ0n) is 19.9. The molecule has 1 atom stereocenters. The van der Waals surface area contributed by atoms with Gasteiger partial charge in [-0.3, -0.25) is 9.79 Å². The highest BCUT2D eigenvalue weighted by Gasteiger charge is 2.29. The molecule has 8 heteroatoms. The Morgan fingerprint density at radius 1 is 1.15 bits per heavy atom. The molecule has 1 aliphatic carbocycles. The van der Waals surface area contributed by atoms with Gasteiger partial charge in [0.25, 0.3) is 0 Å². The van der Waals surface area contributed by atoms with E-state index < -0.39 is 0 Å². The maximum absolute atomic E-state index is 12.4. The number of ether oxygens (including phenoxy) is 1. The number of carbonyl (C=O) groups is 1. The number of hydrogen-bond donors (Lipinski definition) is 2. The Morgan fingerprint density at radius 2 is 1.94 bits per heavy atom. The second-order valence-corrected chi connectivity index (χ2v) is 8.94. The van der Waals surface area contributed by atoms with E-state index in [1.54, 1.807) is 13.2 Å². The van der Waals surface area contributed by atoms with E-state index in [-0.39, 0.29) is 41.9 Å². The largest absolute Gasteiger partial charge is 0.474 e. The van der Waals surface area contributed by atoms with Crippen molar-refractivity contribution in [1.82, 2.24) is 20.5 Å². The van der Waals surface area contributed by atoms with Crippen LogP contribution in [-0.2, 0) is 17.8 Å². The first-order chi connectivity index (χ1) is 16.2. The second kappa shape index (κ2) is 13.5. The number of nitrogens with zero attached hydrogens (tertiary/aromatic N) is 3. The van der Waals surface area contributed by atoms with Crippen molar-refractivity contribution >= 4 is 35.8 Å². The van der Waals surface area contributed by atoms with E-state index in [0.717, 1.165) is 43.9 Å². The molecular formula is C26H36IN5O2. The first kappa shape index (κ1) is 26.2. The molecule has 7 nitrogen and oxygen atoms in total. The Bertz CT molecular complexity index is 934. The van der Waals surface area contributed by atoms with Crippen LogP contribution in [0.1, 0.15) is 43.2 Å². The van der Waals surface area contributed by atoms with Crippen molar-refractivity contribution in [3.05, 3.63) is 59.8 Å². The third-order valence-electron chi connectivity index (χ3n) is 6.47. The monoisotopic (exact) mass is 577 g/mol. The molecule has 2 N–H and O–H groups in total. The number of carbonyl (C=O) groups excluding carboxylic acids is 1. The Kier molecular flexibility index (Phi) is 10.4. The minimum absolute atomic E-state index is 0. The molecule has 4 rings (SSSR count). The Balaban J connectivity index is 0.00000324. The van der Waals surface area contributed by atoms with E-state index in [1.165, 1.54) is 18.4 Å². The van der Waals surface area contributed by atoms with Gasteiger partial charge in [0.2, 0.25) is 11.8 Å². The summed E-state index contributed by atoms with van der Waals surface area (Å²) in [4.78, 5) is 23.2. The number of aliphatic imine (C=N–C) groups is 1. The molecule has 2 aliphatic rings. The van der Waals surface area contributed by atoms with Gasteiger partial charge in [-0.15, -0.1) is 24.0 Å². The van der Waals surface area contributed by atoms with Crippen molar-refractivity contribution in [2.75, 3.05) is 26.7 Å². The third kappa shape index (κ3) is 7.58. The average molecular weight is 578 g/mol. The summed E-state index contributed by atoms with van der Waals surface area (Å²) in [5.74, 6) is 1.96. The molecule has 0 bridgehead atoms. The van der Waals surface area contributed by atoms with Gasteiger partial charge < -0.3 is 20.3 Å². The van der Waals surface area contributed by atoms with Crippen molar-refractivity contribution in [2.24, 2.45) is 10.9 Å². The topological polar surface area (TPSA) is 78.9 Å². The predicted molar refractivity (Wildman–Crippen MR) is 146 cm³/mol. The van der Waals surface area contributed by atoms with Gasteiger partial charge in [0.1, 0.15) is 6.10 Å². The van der Waals surface area contributed by atoms with E-state index in [1.807, 2.05) is 35.2 Å². The number of likely N-dealkylation sites (tertiary alicyclic amines) is 1. The van der Waals surface area contributed by atoms with Crippen molar-refractivity contribution in [3.63, 3.8) is 0 Å². The maximum Gasteiger partial charge on any atom is 0.223 e. The van der Waals surface area contributed by atoms with Crippen molar-refractivity contribution in [1.29, 1.82) is 0 Å². The molecule has 2 aromatic rings. The molecule has 1 saturated carbocycles. The van der Waals surface area contributed by atoms with Crippen LogP contribution < -0.4 is 15.4 Å². The van der Waals surface area contributed by atoms with Gasteiger partial charge in [-0.25, -0.2) is 4.98 Å². The lowest BCUT2D eigenvalue weighted by Crippen LogP contribution is -2.40. The lowest BCUT2D eigenvalue weighted by molar-refractivity contribution is -0.127. The van der Waals surface area contributed by atoms with Gasteiger partial charge in [-0.1, -0.05) is 36.4 Å². The van der Waals surface area contributed by atoms with E-state index >= 15 is 0 Å². The summed E-state index contributed by atoms with van der Waals surface area (Å²) in [6.45, 7) is 2.86. The van der Waals surface area contributed by atoms with Crippen LogP contribution in [0.5, 0.6) is 5.88 Å². The summed E-state index contributed by atoms with van der Waals surface area (Å²) >= 11 is 0. The van der Waals surface area contributed by atoms with E-state index in [4.69, 9.17) is 4.74 Å². The van der Waals surface area contributed by atoms with Gasteiger partial charge >= 0.3 is 0 Å². The van der Waals surface area contributed by atoms with Crippen molar-refractivity contribution in [3.8, 4) is 5.88 Å². The van der Waals surface area contributed by atoms with E-state index in [0.29, 0.717) is 25.4 Å². The molecule has 2 fully saturated rings. The van der Waals surface area contributed by atoms with Crippen LogP contribution in [0.25, 0.3) is 0 Å². The summed E-state index contributed by atoms with van der Waals surface area (Å²) in [6, 6.07) is 14.3. The van der Waals surface area contributed by atoms with Gasteiger partial charge in [0.15, 0.2) is 5.96 Å². The van der Waals surface area contributed by atoms with Crippen LogP contribution in [0, 0.1) is 5.92 Å². The molecule has 1 aromatic heterocycles. The number of pyridine rings is 1. The van der Waals surface area contributed by atoms with Crippen LogP contribution in [0.3, 0.4) is 0 Å². The zero-order valence-corrected chi connectivity index (χ0v) is 22.2. The van der Waals surface area contributed by atoms with Crippen LogP contribution >= 0.6 is 24.0 Å². The summed E-state index contributed by atoms with van der Waals surface area (Å²) in [6.07, 6.45) is 8.21. The number of nitrogens with one attached hydrogen (secondary N) is 2. The van der Waals surface area contributed by atoms with Gasteiger partial charge in [-0.2, -0.15) is 0 Å². The lowest BCUT2D eigenvalue weighted by Gasteiger charge is -2.19. The molecule has 1 aliphatic heterocycles. The molecule has 0 spiro atoms. The number of halogens is 1. The van der Waals surface area contributed by atoms with E-state index in [2.05, 4.69) is 32.7 Å². The number of benzene rings is 1. The molecule has 184 valence electrons. The van der Waals surface area contributed by atoms with Gasteiger partial charge in [0.05, 0.1) is 0 Å². The number of aromatic nitrogens is 1. The Morgan fingerprint density at radius 3 is 2.71 bits per heavy atom. The lowest BCUT2D eigenvalue weighted by atomic mass is 10.1. The fourth-order valence-corrected chi connectivity index (χ4v) is 4.58. The molecule has 1 aromatic carbocycles. The molecule has 1 saturated heterocycles. The third-order valence-corrected chi connectivity index (χ3v) is 6.47. The highest BCUT2D eigenvalue weighted by molar-refractivity contribution is 14.0. The molecule has 0 radical (unpaired) electrons. The molecule has 1 unspecified atom stereocenters. The fourth-order valence-electron chi connectivity index (χ4n) is 4.58. The quantitative estimate of drug-likeness (QED) is 0.270. The SMILES string of the molecule is CN=C(NCc1cccnc1OC1CCCC1)NCC1CC(=O)N(CCc2ccccc2)C1.I.